The van der Waals surface area contributed by atoms with E-state index < -0.39 is 0 Å². The minimum atomic E-state index is 0.858. The molecule has 0 amide bonds. The summed E-state index contributed by atoms with van der Waals surface area (Å²) in [5.41, 5.74) is 18.3. The van der Waals surface area contributed by atoms with Crippen molar-refractivity contribution < 1.29 is 4.42 Å². The zero-order chi connectivity index (χ0) is 38.9. The van der Waals surface area contributed by atoms with Crippen LogP contribution in [0.4, 0.5) is 34.1 Å². The second-order valence-electron chi connectivity index (χ2n) is 14.9. The van der Waals surface area contributed by atoms with Crippen molar-refractivity contribution in [3.05, 3.63) is 204 Å². The topological polar surface area (TPSA) is 19.6 Å². The highest BCUT2D eigenvalue weighted by Gasteiger charge is 2.20. The minimum absolute atomic E-state index is 0.858. The number of fused-ring (bicyclic) bond motifs is 3. The van der Waals surface area contributed by atoms with Gasteiger partial charge in [-0.3, -0.25) is 0 Å². The minimum Gasteiger partial charge on any atom is -0.456 e. The molecule has 0 aliphatic carbocycles. The van der Waals surface area contributed by atoms with Crippen molar-refractivity contribution in [3.8, 4) is 22.3 Å². The SMILES string of the molecule is CCc1cc(N(c2cccc(C)c2)c2ccc3c(c2)oc2cc(N(c4cccc(C)c4)c4ccc(-c5ccccc5)c(CC)c4)ccc23)ccc1-c1ccccc1. The van der Waals surface area contributed by atoms with E-state index in [9.17, 15) is 0 Å². The molecule has 9 aromatic rings. The molecule has 1 heterocycles. The summed E-state index contributed by atoms with van der Waals surface area (Å²) >= 11 is 0. The number of hydrogen-bond acceptors (Lipinski definition) is 3. The van der Waals surface area contributed by atoms with Gasteiger partial charge in [0.25, 0.3) is 0 Å². The summed E-state index contributed by atoms with van der Waals surface area (Å²) in [5, 5.41) is 2.20. The molecule has 0 spiro atoms. The number of aryl methyl sites for hydroxylation is 4. The van der Waals surface area contributed by atoms with E-state index >= 15 is 0 Å². The average molecular weight is 739 g/mol. The molecule has 0 aliphatic heterocycles. The lowest BCUT2D eigenvalue weighted by Gasteiger charge is -2.27. The monoisotopic (exact) mass is 738 g/mol. The first kappa shape index (κ1) is 35.8. The number of rotatable bonds is 10. The summed E-state index contributed by atoms with van der Waals surface area (Å²) in [5.74, 6) is 0. The molecule has 278 valence electrons. The molecule has 0 saturated heterocycles. The first-order valence-corrected chi connectivity index (χ1v) is 20.0. The third-order valence-corrected chi connectivity index (χ3v) is 11.1. The van der Waals surface area contributed by atoms with Crippen LogP contribution in [0.3, 0.4) is 0 Å². The number of anilines is 6. The zero-order valence-electron chi connectivity index (χ0n) is 33.0. The molecule has 0 unspecified atom stereocenters. The second kappa shape index (κ2) is 15.4. The van der Waals surface area contributed by atoms with Crippen LogP contribution in [0.5, 0.6) is 0 Å². The fourth-order valence-corrected chi connectivity index (χ4v) is 8.28. The van der Waals surface area contributed by atoms with Crippen LogP contribution in [0.15, 0.2) is 186 Å². The van der Waals surface area contributed by atoms with Crippen molar-refractivity contribution >= 4 is 56.1 Å². The first-order valence-electron chi connectivity index (χ1n) is 20.0. The van der Waals surface area contributed by atoms with Crippen LogP contribution < -0.4 is 9.80 Å². The molecular formula is C54H46N2O. The predicted octanol–water partition coefficient (Wildman–Crippen LogP) is 15.6. The Labute approximate surface area is 336 Å². The van der Waals surface area contributed by atoms with Gasteiger partial charge < -0.3 is 14.2 Å². The van der Waals surface area contributed by atoms with Crippen LogP contribution in [0.1, 0.15) is 36.1 Å². The summed E-state index contributed by atoms with van der Waals surface area (Å²) in [6, 6.07) is 65.8. The van der Waals surface area contributed by atoms with Crippen molar-refractivity contribution in [1.29, 1.82) is 0 Å². The molecule has 0 bridgehead atoms. The second-order valence-corrected chi connectivity index (χ2v) is 14.9. The van der Waals surface area contributed by atoms with Crippen molar-refractivity contribution in [1.82, 2.24) is 0 Å². The Morgan fingerprint density at radius 3 is 1.16 bits per heavy atom. The van der Waals surface area contributed by atoms with Crippen LogP contribution >= 0.6 is 0 Å². The van der Waals surface area contributed by atoms with Gasteiger partial charge in [0.1, 0.15) is 11.2 Å². The molecule has 0 N–H and O–H groups in total. The van der Waals surface area contributed by atoms with Crippen LogP contribution in [0.25, 0.3) is 44.2 Å². The van der Waals surface area contributed by atoms with Crippen molar-refractivity contribution in [2.24, 2.45) is 0 Å². The van der Waals surface area contributed by atoms with Gasteiger partial charge in [-0.1, -0.05) is 111 Å². The van der Waals surface area contributed by atoms with Gasteiger partial charge in [-0.25, -0.2) is 0 Å². The Morgan fingerprint density at radius 2 is 0.754 bits per heavy atom. The molecule has 1 aromatic heterocycles. The lowest BCUT2D eigenvalue weighted by Crippen LogP contribution is -2.10. The van der Waals surface area contributed by atoms with E-state index in [1.165, 1.54) is 44.5 Å². The molecule has 0 aliphatic rings. The highest BCUT2D eigenvalue weighted by molar-refractivity contribution is 6.07. The van der Waals surface area contributed by atoms with E-state index in [0.717, 1.165) is 68.9 Å². The van der Waals surface area contributed by atoms with E-state index in [-0.39, 0.29) is 0 Å². The lowest BCUT2D eigenvalue weighted by atomic mass is 9.97. The predicted molar refractivity (Wildman–Crippen MR) is 242 cm³/mol. The Morgan fingerprint density at radius 1 is 0.368 bits per heavy atom. The van der Waals surface area contributed by atoms with Crippen LogP contribution in [0, 0.1) is 13.8 Å². The van der Waals surface area contributed by atoms with Gasteiger partial charge in [-0.05, 0) is 144 Å². The van der Waals surface area contributed by atoms with E-state index in [1.54, 1.807) is 0 Å². The molecular weight excluding hydrogens is 693 g/mol. The molecule has 8 aromatic carbocycles. The molecule has 9 rings (SSSR count). The third kappa shape index (κ3) is 6.98. The Balaban J connectivity index is 1.15. The maximum absolute atomic E-state index is 6.82. The molecule has 0 atom stereocenters. The van der Waals surface area contributed by atoms with E-state index in [0.29, 0.717) is 0 Å². The lowest BCUT2D eigenvalue weighted by molar-refractivity contribution is 0.669. The van der Waals surface area contributed by atoms with Crippen LogP contribution in [-0.4, -0.2) is 0 Å². The van der Waals surface area contributed by atoms with E-state index in [2.05, 4.69) is 219 Å². The molecule has 0 saturated carbocycles. The van der Waals surface area contributed by atoms with Gasteiger partial charge in [-0.15, -0.1) is 0 Å². The Kier molecular flexibility index (Phi) is 9.66. The summed E-state index contributed by atoms with van der Waals surface area (Å²) in [6.07, 6.45) is 1.86. The van der Waals surface area contributed by atoms with Gasteiger partial charge in [-0.2, -0.15) is 0 Å². The highest BCUT2D eigenvalue weighted by Crippen LogP contribution is 2.43. The van der Waals surface area contributed by atoms with Crippen molar-refractivity contribution in [2.75, 3.05) is 9.80 Å². The summed E-state index contributed by atoms with van der Waals surface area (Å²) < 4.78 is 6.82. The van der Waals surface area contributed by atoms with E-state index in [4.69, 9.17) is 4.42 Å². The van der Waals surface area contributed by atoms with Crippen LogP contribution in [0.2, 0.25) is 0 Å². The molecule has 3 nitrogen and oxygen atoms in total. The Hall–Kier alpha value is -6.84. The number of hydrogen-bond donors (Lipinski definition) is 0. The van der Waals surface area contributed by atoms with Gasteiger partial charge in [0.2, 0.25) is 0 Å². The average Bonchev–Trinajstić information content (AvgIpc) is 3.61. The standard InChI is InChI=1S/C54H46N2O/c1-5-39-33-45(23-27-49(39)41-17-9-7-10-18-41)55(43-21-13-15-37(3)31-43)47-25-29-51-52-30-26-48(36-54(52)57-53(51)35-47)56(44-22-14-16-38(4)32-44)46-24-28-50(40(6-2)34-46)42-19-11-8-12-20-42/h7-36H,5-6H2,1-4H3. The fourth-order valence-electron chi connectivity index (χ4n) is 8.28. The molecule has 3 heteroatoms. The van der Waals surface area contributed by atoms with Gasteiger partial charge in [0.05, 0.1) is 0 Å². The molecule has 57 heavy (non-hydrogen) atoms. The van der Waals surface area contributed by atoms with Crippen molar-refractivity contribution in [3.63, 3.8) is 0 Å². The van der Waals surface area contributed by atoms with Crippen LogP contribution in [-0.2, 0) is 12.8 Å². The van der Waals surface area contributed by atoms with E-state index in [1.807, 2.05) is 0 Å². The first-order chi connectivity index (χ1) is 28.0. The van der Waals surface area contributed by atoms with Crippen molar-refractivity contribution in [2.45, 2.75) is 40.5 Å². The highest BCUT2D eigenvalue weighted by atomic mass is 16.3. The summed E-state index contributed by atoms with van der Waals surface area (Å²) in [4.78, 5) is 4.70. The van der Waals surface area contributed by atoms with Gasteiger partial charge >= 0.3 is 0 Å². The summed E-state index contributed by atoms with van der Waals surface area (Å²) in [6.45, 7) is 8.77. The maximum atomic E-state index is 6.82. The van der Waals surface area contributed by atoms with Gasteiger partial charge in [0.15, 0.2) is 0 Å². The third-order valence-electron chi connectivity index (χ3n) is 11.1. The fraction of sp³-hybridized carbons (Fsp3) is 0.111. The number of nitrogens with zero attached hydrogens (tertiary/aromatic N) is 2. The quantitative estimate of drug-likeness (QED) is 0.139. The molecule has 0 radical (unpaired) electrons. The summed E-state index contributed by atoms with van der Waals surface area (Å²) in [7, 11) is 0. The maximum Gasteiger partial charge on any atom is 0.137 e. The number of furan rings is 1. The smallest absolute Gasteiger partial charge is 0.137 e. The largest absolute Gasteiger partial charge is 0.456 e. The molecule has 0 fully saturated rings. The number of benzene rings is 8. The van der Waals surface area contributed by atoms with Gasteiger partial charge in [0, 0.05) is 57.0 Å². The normalized spacial score (nSPS) is 11.3. The zero-order valence-corrected chi connectivity index (χ0v) is 33.0. The Bertz CT molecular complexity index is 2660.